The van der Waals surface area contributed by atoms with E-state index in [4.69, 9.17) is 0 Å². The van der Waals surface area contributed by atoms with Crippen molar-refractivity contribution in [1.29, 1.82) is 0 Å². The van der Waals surface area contributed by atoms with E-state index in [-0.39, 0.29) is 23.7 Å². The number of aromatic nitrogens is 2. The molecular formula is C28H40N6O2. The lowest BCUT2D eigenvalue weighted by atomic mass is 9.68. The van der Waals surface area contributed by atoms with Crippen LogP contribution < -0.4 is 5.32 Å². The number of carbonyl (C=O) groups excluding carboxylic acids is 1. The Morgan fingerprint density at radius 3 is 2.50 bits per heavy atom. The number of rotatable bonds is 9. The molecule has 1 atom stereocenters. The lowest BCUT2D eigenvalue weighted by Crippen LogP contribution is -2.56. The van der Waals surface area contributed by atoms with E-state index >= 15 is 0 Å². The fraction of sp³-hybridized carbons (Fsp3) is 0.607. The molecule has 1 unspecified atom stereocenters. The first kappa shape index (κ1) is 25.1. The summed E-state index contributed by atoms with van der Waals surface area (Å²) in [7, 11) is 4.37. The zero-order valence-corrected chi connectivity index (χ0v) is 21.6. The smallest absolute Gasteiger partial charge is 0.320 e. The number of β-amino-alcohol motifs (C(OH)–C–C–N with tert-alkyl or cyclic N) is 1. The number of aliphatic hydroxyl groups excluding tert-OH is 1. The Hall–Kier alpha value is -2.55. The van der Waals surface area contributed by atoms with E-state index in [0.717, 1.165) is 37.9 Å². The highest BCUT2D eigenvalue weighted by Crippen LogP contribution is 2.49. The minimum absolute atomic E-state index is 0.0110. The second-order valence-corrected chi connectivity index (χ2v) is 11.2. The van der Waals surface area contributed by atoms with Crippen LogP contribution in [0.15, 0.2) is 48.9 Å². The molecule has 2 aromatic rings. The van der Waals surface area contributed by atoms with E-state index in [2.05, 4.69) is 69.5 Å². The number of nitrogens with one attached hydrogen (secondary N) is 1. The summed E-state index contributed by atoms with van der Waals surface area (Å²) in [6.45, 7) is 2.22. The van der Waals surface area contributed by atoms with Crippen LogP contribution in [-0.2, 0) is 12.1 Å². The largest absolute Gasteiger partial charge is 0.377 e. The summed E-state index contributed by atoms with van der Waals surface area (Å²) in [6, 6.07) is 10.9. The Labute approximate surface area is 214 Å². The Bertz CT molecular complexity index is 1010. The van der Waals surface area contributed by atoms with Crippen molar-refractivity contribution in [1.82, 2.24) is 30.0 Å². The van der Waals surface area contributed by atoms with Crippen LogP contribution in [0, 0.1) is 5.92 Å². The van der Waals surface area contributed by atoms with Crippen molar-refractivity contribution in [3.8, 4) is 0 Å². The molecule has 1 aromatic heterocycles. The minimum atomic E-state index is -0.814. The van der Waals surface area contributed by atoms with Crippen molar-refractivity contribution < 1.29 is 9.90 Å². The SMILES string of the molecule is CN(C)[C@]1(c2ccccc2)CC[C@]2(CC1)CN(CC(O)NCc1cnccn1)C(=O)N2CC1CCC1. The predicted molar refractivity (Wildman–Crippen MR) is 139 cm³/mol. The van der Waals surface area contributed by atoms with Crippen LogP contribution in [-0.4, -0.2) is 81.3 Å². The van der Waals surface area contributed by atoms with Gasteiger partial charge in [0.2, 0.25) is 0 Å². The average Bonchev–Trinajstić information content (AvgIpc) is 3.11. The molecule has 0 bridgehead atoms. The number of amides is 2. The normalized spacial score (nSPS) is 27.6. The summed E-state index contributed by atoms with van der Waals surface area (Å²) >= 11 is 0. The number of urea groups is 1. The fourth-order valence-electron chi connectivity index (χ4n) is 6.45. The molecule has 3 aliphatic rings. The maximum atomic E-state index is 13.7. The molecule has 1 aliphatic heterocycles. The van der Waals surface area contributed by atoms with Crippen LogP contribution in [0.3, 0.4) is 0 Å². The molecule has 0 radical (unpaired) electrons. The predicted octanol–water partition coefficient (Wildman–Crippen LogP) is 3.19. The highest BCUT2D eigenvalue weighted by atomic mass is 16.3. The maximum Gasteiger partial charge on any atom is 0.320 e. The number of nitrogens with zero attached hydrogens (tertiary/aromatic N) is 5. The third kappa shape index (κ3) is 4.86. The molecule has 2 aliphatic carbocycles. The van der Waals surface area contributed by atoms with Gasteiger partial charge in [0, 0.05) is 43.8 Å². The zero-order chi connectivity index (χ0) is 25.2. The highest BCUT2D eigenvalue weighted by molar-refractivity contribution is 5.78. The van der Waals surface area contributed by atoms with Gasteiger partial charge in [0.05, 0.1) is 17.8 Å². The molecule has 194 valence electrons. The van der Waals surface area contributed by atoms with E-state index in [0.29, 0.717) is 19.0 Å². The van der Waals surface area contributed by atoms with Gasteiger partial charge in [-0.25, -0.2) is 4.79 Å². The van der Waals surface area contributed by atoms with Gasteiger partial charge >= 0.3 is 6.03 Å². The summed E-state index contributed by atoms with van der Waals surface area (Å²) in [5.41, 5.74) is 1.95. The number of hydrogen-bond acceptors (Lipinski definition) is 6. The van der Waals surface area contributed by atoms with Crippen LogP contribution in [0.5, 0.6) is 0 Å². The minimum Gasteiger partial charge on any atom is -0.377 e. The van der Waals surface area contributed by atoms with Gasteiger partial charge in [0.15, 0.2) is 0 Å². The zero-order valence-electron chi connectivity index (χ0n) is 21.6. The monoisotopic (exact) mass is 492 g/mol. The first-order valence-corrected chi connectivity index (χ1v) is 13.4. The topological polar surface area (TPSA) is 84.8 Å². The average molecular weight is 493 g/mol. The van der Waals surface area contributed by atoms with Gasteiger partial charge in [-0.05, 0) is 64.1 Å². The summed E-state index contributed by atoms with van der Waals surface area (Å²) in [4.78, 5) is 28.5. The molecule has 5 rings (SSSR count). The number of aliphatic hydroxyl groups is 1. The third-order valence-corrected chi connectivity index (χ3v) is 8.93. The van der Waals surface area contributed by atoms with Crippen molar-refractivity contribution in [2.24, 2.45) is 5.92 Å². The second kappa shape index (κ2) is 10.4. The summed E-state index contributed by atoms with van der Waals surface area (Å²) in [5, 5.41) is 13.8. The van der Waals surface area contributed by atoms with E-state index in [1.165, 1.54) is 24.8 Å². The van der Waals surface area contributed by atoms with Gasteiger partial charge in [-0.1, -0.05) is 36.8 Å². The number of benzene rings is 1. The second-order valence-electron chi connectivity index (χ2n) is 11.2. The standard InChI is InChI=1S/C28H40N6O2/c1-32(2)28(23-9-4-3-5-10-23)13-11-27(12-14-28)21-33(26(36)34(27)19-22-7-6-8-22)20-25(35)31-18-24-17-29-15-16-30-24/h3-5,9-10,15-17,22,25,31,35H,6-8,11-14,18-21H2,1-2H3/t25?,27-,28+. The third-order valence-electron chi connectivity index (χ3n) is 8.93. The van der Waals surface area contributed by atoms with E-state index in [1.54, 1.807) is 18.6 Å². The van der Waals surface area contributed by atoms with Crippen molar-refractivity contribution in [2.45, 2.75) is 68.8 Å². The van der Waals surface area contributed by atoms with Crippen molar-refractivity contribution in [3.63, 3.8) is 0 Å². The van der Waals surface area contributed by atoms with Gasteiger partial charge in [0.25, 0.3) is 0 Å². The van der Waals surface area contributed by atoms with Crippen LogP contribution in [0.1, 0.15) is 56.2 Å². The van der Waals surface area contributed by atoms with E-state index in [1.807, 2.05) is 4.90 Å². The number of hydrogen-bond donors (Lipinski definition) is 2. The number of carbonyl (C=O) groups is 1. The molecule has 8 nitrogen and oxygen atoms in total. The van der Waals surface area contributed by atoms with Crippen molar-refractivity contribution in [3.05, 3.63) is 60.2 Å². The van der Waals surface area contributed by atoms with Gasteiger partial charge in [-0.15, -0.1) is 0 Å². The Balaban J connectivity index is 1.30. The molecule has 2 amide bonds. The van der Waals surface area contributed by atoms with Crippen LogP contribution in [0.25, 0.3) is 0 Å². The van der Waals surface area contributed by atoms with E-state index in [9.17, 15) is 9.90 Å². The highest BCUT2D eigenvalue weighted by Gasteiger charge is 2.55. The van der Waals surface area contributed by atoms with Crippen LogP contribution in [0.2, 0.25) is 0 Å². The van der Waals surface area contributed by atoms with Gasteiger partial charge in [-0.3, -0.25) is 20.2 Å². The van der Waals surface area contributed by atoms with Crippen LogP contribution >= 0.6 is 0 Å². The van der Waals surface area contributed by atoms with Gasteiger partial charge in [0.1, 0.15) is 6.23 Å². The first-order valence-electron chi connectivity index (χ1n) is 13.4. The van der Waals surface area contributed by atoms with Crippen molar-refractivity contribution in [2.75, 3.05) is 33.7 Å². The summed E-state index contributed by atoms with van der Waals surface area (Å²) in [5.74, 6) is 0.611. The fourth-order valence-corrected chi connectivity index (χ4v) is 6.45. The van der Waals surface area contributed by atoms with E-state index < -0.39 is 6.23 Å². The van der Waals surface area contributed by atoms with Gasteiger partial charge in [-0.2, -0.15) is 0 Å². The Morgan fingerprint density at radius 2 is 1.89 bits per heavy atom. The van der Waals surface area contributed by atoms with Crippen LogP contribution in [0.4, 0.5) is 4.79 Å². The molecule has 1 aromatic carbocycles. The van der Waals surface area contributed by atoms with Crippen molar-refractivity contribution >= 4 is 6.03 Å². The molecule has 1 saturated heterocycles. The molecular weight excluding hydrogens is 452 g/mol. The lowest BCUT2D eigenvalue weighted by Gasteiger charge is -2.51. The Morgan fingerprint density at radius 1 is 1.14 bits per heavy atom. The molecule has 2 N–H and O–H groups in total. The first-order chi connectivity index (χ1) is 17.4. The summed E-state index contributed by atoms with van der Waals surface area (Å²) < 4.78 is 0. The molecule has 8 heteroatoms. The summed E-state index contributed by atoms with van der Waals surface area (Å²) in [6.07, 6.45) is 11.8. The van der Waals surface area contributed by atoms with Gasteiger partial charge < -0.3 is 14.9 Å². The Kier molecular flexibility index (Phi) is 7.28. The lowest BCUT2D eigenvalue weighted by molar-refractivity contribution is 0.0152. The maximum absolute atomic E-state index is 13.7. The molecule has 3 fully saturated rings. The molecule has 36 heavy (non-hydrogen) atoms. The molecule has 1 spiro atoms. The molecule has 2 saturated carbocycles. The molecule has 2 heterocycles. The quantitative estimate of drug-likeness (QED) is 0.523.